The van der Waals surface area contributed by atoms with Crippen molar-refractivity contribution in [1.82, 2.24) is 0 Å². The van der Waals surface area contributed by atoms with E-state index in [4.69, 9.17) is 0 Å². The minimum atomic E-state index is -0.134. The van der Waals surface area contributed by atoms with Crippen LogP contribution in [0, 0.1) is 0 Å². The average Bonchev–Trinajstić information content (AvgIpc) is 2.16. The van der Waals surface area contributed by atoms with Gasteiger partial charge in [0.2, 0.25) is 0 Å². The normalized spacial score (nSPS) is 18.0. The Morgan fingerprint density at radius 3 is 0.875 bits per heavy atom. The van der Waals surface area contributed by atoms with Gasteiger partial charge in [0.1, 0.15) is 6.71 Å². The molecule has 16 heavy (non-hydrogen) atoms. The minimum Gasteiger partial charge on any atom is -0.0716 e. The van der Waals surface area contributed by atoms with Crippen molar-refractivity contribution in [3.8, 4) is 0 Å². The molecule has 0 aromatic carbocycles. The Labute approximate surface area is 110 Å². The largest absolute Gasteiger partial charge is 0.139 e. The summed E-state index contributed by atoms with van der Waals surface area (Å²) in [6.45, 7) is 23.6. The lowest BCUT2D eigenvalue weighted by atomic mass is 9.42. The molecule has 0 saturated carbocycles. The monoisotopic (exact) mass is 269 g/mol. The molecule has 0 saturated heterocycles. The van der Waals surface area contributed by atoms with E-state index >= 15 is 0 Å². The van der Waals surface area contributed by atoms with Crippen LogP contribution in [0.4, 0.5) is 0 Å². The summed E-state index contributed by atoms with van der Waals surface area (Å²) in [5.74, 6) is 0. The summed E-state index contributed by atoms with van der Waals surface area (Å²) in [7, 11) is -0.401. The van der Waals surface area contributed by atoms with Gasteiger partial charge in [-0.05, 0) is 0 Å². The Morgan fingerprint density at radius 2 is 0.750 bits per heavy atom. The van der Waals surface area contributed by atoms with E-state index in [2.05, 4.69) is 60.1 Å². The van der Waals surface area contributed by atoms with Crippen LogP contribution in [-0.2, 0) is 0 Å². The fourth-order valence-corrected chi connectivity index (χ4v) is 7.07. The van der Waals surface area contributed by atoms with E-state index in [1.54, 1.807) is 0 Å². The smallest absolute Gasteiger partial charge is 0.0716 e. The van der Waals surface area contributed by atoms with Crippen molar-refractivity contribution < 1.29 is 0 Å². The highest BCUT2D eigenvalue weighted by molar-refractivity contribution is 6.93. The van der Waals surface area contributed by atoms with E-state index in [1.807, 2.05) is 0 Å². The van der Waals surface area contributed by atoms with Crippen LogP contribution in [0.3, 0.4) is 0 Å². The van der Waals surface area contributed by atoms with Crippen LogP contribution >= 0.6 is 0 Å². The molecule has 3 unspecified atom stereocenters. The molecule has 0 nitrogen and oxygen atoms in total. The molecule has 0 spiro atoms. The lowest BCUT2D eigenvalue weighted by molar-refractivity contribution is 1.07. The lowest BCUT2D eigenvalue weighted by Crippen LogP contribution is -2.42. The quantitative estimate of drug-likeness (QED) is 0.621. The van der Waals surface area contributed by atoms with Crippen LogP contribution in [0.5, 0.6) is 0 Å². The highest BCUT2D eigenvalue weighted by Gasteiger charge is 2.37. The van der Waals surface area contributed by atoms with Crippen LogP contribution < -0.4 is 0 Å². The Kier molecular flexibility index (Phi) is 7.54. The van der Waals surface area contributed by atoms with Crippen molar-refractivity contribution >= 4 is 33.1 Å². The number of hydrogen-bond donors (Lipinski definition) is 0. The van der Waals surface area contributed by atoms with Crippen LogP contribution in [0.15, 0.2) is 0 Å². The maximum absolute atomic E-state index is 2.53. The Balaban J connectivity index is 4.89. The third-order valence-corrected chi connectivity index (χ3v) is 11.1. The Hall–Kier alpha value is 0.716. The molecule has 0 aliphatic carbocycles. The van der Waals surface area contributed by atoms with Crippen LogP contribution in [0.1, 0.15) is 20.8 Å². The summed E-state index contributed by atoms with van der Waals surface area (Å²) in [5.41, 5.74) is 2.94. The molecule has 0 N–H and O–H groups in total. The molecule has 0 aliphatic rings. The van der Waals surface area contributed by atoms with Gasteiger partial charge in [0, 0.05) is 26.4 Å². The molecule has 0 aromatic heterocycles. The molecule has 0 amide bonds. The highest BCUT2D eigenvalue weighted by atomic mass is 28.3. The summed E-state index contributed by atoms with van der Waals surface area (Å²) in [6.07, 6.45) is 0. The summed E-state index contributed by atoms with van der Waals surface area (Å²) in [5, 5.41) is 0. The van der Waals surface area contributed by atoms with Crippen molar-refractivity contribution in [2.45, 2.75) is 76.4 Å². The van der Waals surface area contributed by atoms with E-state index in [-0.39, 0.29) is 26.4 Å². The maximum Gasteiger partial charge on any atom is 0.139 e. The van der Waals surface area contributed by atoms with Crippen LogP contribution in [0.25, 0.3) is 0 Å². The van der Waals surface area contributed by atoms with Crippen molar-refractivity contribution in [3.63, 3.8) is 0 Å². The van der Waals surface area contributed by atoms with E-state index in [9.17, 15) is 0 Å². The Bertz CT molecular complexity index is 161. The minimum absolute atomic E-state index is 0.134. The van der Waals surface area contributed by atoms with Crippen molar-refractivity contribution in [1.29, 1.82) is 0 Å². The van der Waals surface area contributed by atoms with Gasteiger partial charge in [-0.2, -0.15) is 0 Å². The van der Waals surface area contributed by atoms with Crippen molar-refractivity contribution in [2.75, 3.05) is 0 Å². The fourth-order valence-electron chi connectivity index (χ4n) is 2.45. The van der Waals surface area contributed by atoms with Gasteiger partial charge in [0.05, 0.1) is 0 Å². The molecule has 0 aliphatic heterocycles. The van der Waals surface area contributed by atoms with Gasteiger partial charge in [-0.3, -0.25) is 0 Å². The molecule has 0 fully saturated rings. The summed E-state index contributed by atoms with van der Waals surface area (Å²) in [6, 6.07) is 0. The topological polar surface area (TPSA) is 0 Å². The number of rotatable bonds is 6. The molecular weight excluding hydrogens is 239 g/mol. The molecule has 3 atom stereocenters. The second-order valence-corrected chi connectivity index (χ2v) is 15.4. The predicted octanol–water partition coefficient (Wildman–Crippen LogP) is 4.53. The second-order valence-electron chi connectivity index (χ2n) is 6.18. The van der Waals surface area contributed by atoms with Gasteiger partial charge in [0.25, 0.3) is 0 Å². The van der Waals surface area contributed by atoms with Crippen molar-refractivity contribution in [3.05, 3.63) is 0 Å². The second kappa shape index (κ2) is 7.22. The zero-order valence-corrected chi connectivity index (χ0v) is 15.8. The molecule has 4 heteroatoms. The zero-order valence-electron chi connectivity index (χ0n) is 12.8. The van der Waals surface area contributed by atoms with Gasteiger partial charge in [-0.15, -0.1) is 0 Å². The maximum atomic E-state index is 2.53. The number of hydrogen-bond acceptors (Lipinski definition) is 0. The Morgan fingerprint density at radius 1 is 0.562 bits per heavy atom. The van der Waals surface area contributed by atoms with E-state index in [1.165, 1.54) is 0 Å². The highest BCUT2D eigenvalue weighted by Crippen LogP contribution is 2.35. The van der Waals surface area contributed by atoms with Gasteiger partial charge >= 0.3 is 0 Å². The molecule has 0 heterocycles. The van der Waals surface area contributed by atoms with Crippen molar-refractivity contribution in [2.24, 2.45) is 0 Å². The third kappa shape index (κ3) is 4.53. The van der Waals surface area contributed by atoms with Gasteiger partial charge in [0.15, 0.2) is 0 Å². The SMILES string of the molecule is CC(B(C(C)[Si](C)C)C(C)[Si](C)C)[Si](C)C. The van der Waals surface area contributed by atoms with E-state index in [0.717, 1.165) is 23.0 Å². The molecule has 0 aromatic rings. The molecule has 93 valence electrons. The fraction of sp³-hybridized carbons (Fsp3) is 1.00. The summed E-state index contributed by atoms with van der Waals surface area (Å²) < 4.78 is 0. The van der Waals surface area contributed by atoms with Crippen LogP contribution in [-0.4, -0.2) is 33.1 Å². The summed E-state index contributed by atoms with van der Waals surface area (Å²) >= 11 is 0. The lowest BCUT2D eigenvalue weighted by Gasteiger charge is -2.36. The molecule has 3 radical (unpaired) electrons. The first-order valence-corrected chi connectivity index (χ1v) is 14.3. The predicted molar refractivity (Wildman–Crippen MR) is 86.5 cm³/mol. The summed E-state index contributed by atoms with van der Waals surface area (Å²) in [4.78, 5) is 0. The molecule has 0 bridgehead atoms. The zero-order chi connectivity index (χ0) is 13.0. The van der Waals surface area contributed by atoms with Gasteiger partial charge < -0.3 is 0 Å². The van der Waals surface area contributed by atoms with Gasteiger partial charge in [-0.1, -0.05) is 76.4 Å². The van der Waals surface area contributed by atoms with Crippen LogP contribution in [0.2, 0.25) is 55.6 Å². The first kappa shape index (κ1) is 16.7. The molecular formula is C12H30BSi3. The van der Waals surface area contributed by atoms with E-state index in [0.29, 0.717) is 0 Å². The average molecular weight is 269 g/mol. The third-order valence-electron chi connectivity index (χ3n) is 4.46. The molecule has 0 rings (SSSR count). The first-order valence-electron chi connectivity index (χ1n) is 6.60. The van der Waals surface area contributed by atoms with E-state index < -0.39 is 0 Å². The standard InChI is InChI=1S/C12H30BSi3/c1-10(14(4)5)13(11(2)15(6)7)12(3)16(8)9/h10-12H,1-9H3. The van der Waals surface area contributed by atoms with Gasteiger partial charge in [-0.25, -0.2) is 0 Å². The first-order chi connectivity index (χ1) is 7.20.